The monoisotopic (exact) mass is 451 g/mol. The molecule has 0 unspecified atom stereocenters. The van der Waals surface area contributed by atoms with E-state index in [-0.39, 0.29) is 10.5 Å². The summed E-state index contributed by atoms with van der Waals surface area (Å²) in [6, 6.07) is 7.85. The number of carbonyl (C=O) groups excluding carboxylic acids is 2. The van der Waals surface area contributed by atoms with Gasteiger partial charge in [-0.2, -0.15) is 4.31 Å². The second kappa shape index (κ2) is 9.18. The summed E-state index contributed by atoms with van der Waals surface area (Å²) in [5.41, 5.74) is -0.937. The first-order valence-electron chi connectivity index (χ1n) is 9.19. The molecule has 1 saturated heterocycles. The summed E-state index contributed by atoms with van der Waals surface area (Å²) < 4.78 is 45.1. The number of carbonyl (C=O) groups is 2. The van der Waals surface area contributed by atoms with Crippen LogP contribution in [0.3, 0.4) is 0 Å². The SMILES string of the molecule is O=C(COC(=O)c1cccc(S(=O)(=O)N2CCCC2)c1)Nc1cc([N+](=O)[O-])ccc1F. The highest BCUT2D eigenvalue weighted by molar-refractivity contribution is 7.89. The van der Waals surface area contributed by atoms with Gasteiger partial charge in [-0.3, -0.25) is 14.9 Å². The second-order valence-corrected chi connectivity index (χ2v) is 8.62. The fourth-order valence-corrected chi connectivity index (χ4v) is 4.55. The van der Waals surface area contributed by atoms with E-state index in [2.05, 4.69) is 5.32 Å². The number of hydrogen-bond acceptors (Lipinski definition) is 7. The quantitative estimate of drug-likeness (QED) is 0.388. The maximum atomic E-state index is 13.7. The number of anilines is 1. The Balaban J connectivity index is 1.64. The molecule has 1 heterocycles. The predicted octanol–water partition coefficient (Wildman–Crippen LogP) is 2.31. The van der Waals surface area contributed by atoms with Gasteiger partial charge in [0.2, 0.25) is 10.0 Å². The van der Waals surface area contributed by atoms with Crippen LogP contribution in [0.25, 0.3) is 0 Å². The van der Waals surface area contributed by atoms with E-state index in [1.807, 2.05) is 0 Å². The van der Waals surface area contributed by atoms with Crippen molar-refractivity contribution < 1.29 is 32.1 Å². The number of nitrogens with zero attached hydrogens (tertiary/aromatic N) is 2. The molecule has 1 amide bonds. The molecule has 2 aromatic rings. The lowest BCUT2D eigenvalue weighted by atomic mass is 10.2. The van der Waals surface area contributed by atoms with Crippen molar-refractivity contribution in [3.05, 3.63) is 64.0 Å². The molecule has 3 rings (SSSR count). The normalized spacial score (nSPS) is 14.2. The van der Waals surface area contributed by atoms with E-state index in [9.17, 15) is 32.5 Å². The van der Waals surface area contributed by atoms with Gasteiger partial charge in [0.05, 0.1) is 21.1 Å². The molecule has 1 aliphatic heterocycles. The van der Waals surface area contributed by atoms with Crippen LogP contribution in [0.5, 0.6) is 0 Å². The number of esters is 1. The van der Waals surface area contributed by atoms with Crippen molar-refractivity contribution in [2.45, 2.75) is 17.7 Å². The Hall–Kier alpha value is -3.38. The number of sulfonamides is 1. The summed E-state index contributed by atoms with van der Waals surface area (Å²) in [4.78, 5) is 34.1. The lowest BCUT2D eigenvalue weighted by Crippen LogP contribution is -2.28. The molecular weight excluding hydrogens is 433 g/mol. The zero-order valence-corrected chi connectivity index (χ0v) is 16.9. The number of nitro groups is 1. The van der Waals surface area contributed by atoms with Crippen molar-refractivity contribution in [3.8, 4) is 0 Å². The maximum absolute atomic E-state index is 13.7. The Bertz CT molecular complexity index is 1130. The molecule has 0 aromatic heterocycles. The summed E-state index contributed by atoms with van der Waals surface area (Å²) in [5.74, 6) is -2.77. The van der Waals surface area contributed by atoms with Gasteiger partial charge in [-0.15, -0.1) is 0 Å². The van der Waals surface area contributed by atoms with Gasteiger partial charge < -0.3 is 10.1 Å². The topological polar surface area (TPSA) is 136 Å². The number of rotatable bonds is 7. The van der Waals surface area contributed by atoms with Gasteiger partial charge in [0, 0.05) is 25.2 Å². The van der Waals surface area contributed by atoms with Crippen molar-refractivity contribution in [3.63, 3.8) is 0 Å². The average molecular weight is 451 g/mol. The minimum Gasteiger partial charge on any atom is -0.452 e. The van der Waals surface area contributed by atoms with Gasteiger partial charge >= 0.3 is 5.97 Å². The van der Waals surface area contributed by atoms with Crippen molar-refractivity contribution in [1.82, 2.24) is 4.31 Å². The van der Waals surface area contributed by atoms with Crippen molar-refractivity contribution in [1.29, 1.82) is 0 Å². The molecule has 1 N–H and O–H groups in total. The molecule has 1 aliphatic rings. The fourth-order valence-electron chi connectivity index (χ4n) is 2.98. The van der Waals surface area contributed by atoms with Crippen LogP contribution in [-0.2, 0) is 19.6 Å². The Morgan fingerprint density at radius 1 is 1.16 bits per heavy atom. The van der Waals surface area contributed by atoms with Crippen LogP contribution >= 0.6 is 0 Å². The minimum atomic E-state index is -3.73. The molecule has 0 saturated carbocycles. The fraction of sp³-hybridized carbons (Fsp3) is 0.263. The summed E-state index contributed by atoms with van der Waals surface area (Å²) >= 11 is 0. The minimum absolute atomic E-state index is 0.0630. The molecule has 0 spiro atoms. The van der Waals surface area contributed by atoms with Gasteiger partial charge in [-0.05, 0) is 37.1 Å². The van der Waals surface area contributed by atoms with E-state index >= 15 is 0 Å². The molecule has 10 nitrogen and oxygen atoms in total. The lowest BCUT2D eigenvalue weighted by Gasteiger charge is -2.15. The first-order chi connectivity index (χ1) is 14.7. The number of nitrogens with one attached hydrogen (secondary N) is 1. The van der Waals surface area contributed by atoms with Crippen molar-refractivity contribution in [2.24, 2.45) is 0 Å². The van der Waals surface area contributed by atoms with E-state index in [0.29, 0.717) is 13.1 Å². The van der Waals surface area contributed by atoms with Crippen LogP contribution in [0.1, 0.15) is 23.2 Å². The molecule has 2 aromatic carbocycles. The Morgan fingerprint density at radius 3 is 2.55 bits per heavy atom. The molecule has 31 heavy (non-hydrogen) atoms. The first kappa shape index (κ1) is 22.3. The van der Waals surface area contributed by atoms with E-state index < -0.39 is 50.6 Å². The van der Waals surface area contributed by atoms with Crippen LogP contribution in [0.4, 0.5) is 15.8 Å². The molecule has 0 atom stereocenters. The van der Waals surface area contributed by atoms with Crippen LogP contribution in [0.15, 0.2) is 47.4 Å². The van der Waals surface area contributed by atoms with Crippen LogP contribution in [0, 0.1) is 15.9 Å². The van der Waals surface area contributed by atoms with E-state index in [1.54, 1.807) is 0 Å². The molecule has 12 heteroatoms. The molecule has 0 radical (unpaired) electrons. The smallest absolute Gasteiger partial charge is 0.338 e. The average Bonchev–Trinajstić information content (AvgIpc) is 3.29. The third-order valence-corrected chi connectivity index (χ3v) is 6.44. The third kappa shape index (κ3) is 5.22. The highest BCUT2D eigenvalue weighted by atomic mass is 32.2. The van der Waals surface area contributed by atoms with Gasteiger partial charge in [0.25, 0.3) is 11.6 Å². The molecular formula is C19H18FN3O7S. The number of halogens is 1. The highest BCUT2D eigenvalue weighted by Gasteiger charge is 2.27. The number of benzene rings is 2. The largest absolute Gasteiger partial charge is 0.452 e. The zero-order chi connectivity index (χ0) is 22.6. The predicted molar refractivity (Wildman–Crippen MR) is 106 cm³/mol. The van der Waals surface area contributed by atoms with Crippen molar-refractivity contribution in [2.75, 3.05) is 25.0 Å². The molecule has 164 valence electrons. The van der Waals surface area contributed by atoms with Gasteiger partial charge in [0.1, 0.15) is 5.82 Å². The van der Waals surface area contributed by atoms with Gasteiger partial charge in [0.15, 0.2) is 6.61 Å². The second-order valence-electron chi connectivity index (χ2n) is 6.68. The zero-order valence-electron chi connectivity index (χ0n) is 16.1. The number of nitro benzene ring substituents is 1. The third-order valence-electron chi connectivity index (χ3n) is 4.54. The van der Waals surface area contributed by atoms with Gasteiger partial charge in [-0.25, -0.2) is 17.6 Å². The Labute approximate surface area is 176 Å². The molecule has 1 fully saturated rings. The number of hydrogen-bond donors (Lipinski definition) is 1. The van der Waals surface area contributed by atoms with Crippen LogP contribution in [0.2, 0.25) is 0 Å². The van der Waals surface area contributed by atoms with Crippen molar-refractivity contribution >= 4 is 33.3 Å². The Morgan fingerprint density at radius 2 is 1.87 bits per heavy atom. The van der Waals surface area contributed by atoms with Crippen LogP contribution < -0.4 is 5.32 Å². The number of non-ortho nitro benzene ring substituents is 1. The van der Waals surface area contributed by atoms with E-state index in [1.165, 1.54) is 22.5 Å². The number of amides is 1. The maximum Gasteiger partial charge on any atom is 0.338 e. The summed E-state index contributed by atoms with van der Waals surface area (Å²) in [6.45, 7) is 0.0147. The van der Waals surface area contributed by atoms with E-state index in [4.69, 9.17) is 4.74 Å². The molecule has 0 bridgehead atoms. The van der Waals surface area contributed by atoms with E-state index in [0.717, 1.165) is 37.1 Å². The molecule has 0 aliphatic carbocycles. The summed E-state index contributed by atoms with van der Waals surface area (Å²) in [6.07, 6.45) is 1.53. The Kier molecular flexibility index (Phi) is 6.61. The summed E-state index contributed by atoms with van der Waals surface area (Å²) in [7, 11) is -3.73. The lowest BCUT2D eigenvalue weighted by molar-refractivity contribution is -0.384. The number of ether oxygens (including phenoxy) is 1. The highest BCUT2D eigenvalue weighted by Crippen LogP contribution is 2.23. The summed E-state index contributed by atoms with van der Waals surface area (Å²) in [5, 5.41) is 12.8. The first-order valence-corrected chi connectivity index (χ1v) is 10.6. The van der Waals surface area contributed by atoms with Gasteiger partial charge in [-0.1, -0.05) is 6.07 Å². The van der Waals surface area contributed by atoms with Crippen LogP contribution in [-0.4, -0.2) is 49.2 Å². The standard InChI is InChI=1S/C19H18FN3O7S/c20-16-7-6-14(23(26)27)11-17(16)21-18(24)12-30-19(25)13-4-3-5-15(10-13)31(28,29)22-8-1-2-9-22/h3-7,10-11H,1-2,8-9,12H2,(H,21,24).